The number of benzene rings is 1. The van der Waals surface area contributed by atoms with E-state index in [4.69, 9.17) is 27.9 Å². The molecule has 1 aromatic carbocycles. The fraction of sp³-hybridized carbons (Fsp3) is 0.478. The maximum absolute atomic E-state index is 10.3. The van der Waals surface area contributed by atoms with Crippen LogP contribution in [-0.2, 0) is 11.3 Å². The lowest BCUT2D eigenvalue weighted by molar-refractivity contribution is 0.0202. The SMILES string of the molecule is COc1cc(-c2noc([C@@H](NC[C@H](O)COCc3ccco3)C(C)C)n2)cc(OC)c1OC. The number of rotatable bonds is 13. The molecule has 0 saturated carbocycles. The molecule has 0 aliphatic carbocycles. The first kappa shape index (κ1) is 24.6. The number of ether oxygens (including phenoxy) is 4. The standard InChI is InChI=1S/C23H31N3O7/c1-14(2)20(24-11-16(27)12-31-13-17-7-6-8-32-17)23-25-22(26-33-23)15-9-18(28-3)21(30-5)19(10-15)29-4/h6-10,14,16,20,24,27H,11-13H2,1-5H3/t16-,20-/m0/s1. The summed E-state index contributed by atoms with van der Waals surface area (Å²) in [7, 11) is 4.64. The van der Waals surface area contributed by atoms with Crippen molar-refractivity contribution in [1.29, 1.82) is 0 Å². The molecule has 0 amide bonds. The van der Waals surface area contributed by atoms with Gasteiger partial charge in [-0.3, -0.25) is 0 Å². The van der Waals surface area contributed by atoms with Crippen molar-refractivity contribution in [2.24, 2.45) is 5.92 Å². The van der Waals surface area contributed by atoms with Crippen LogP contribution in [0.2, 0.25) is 0 Å². The van der Waals surface area contributed by atoms with Crippen LogP contribution in [0.1, 0.15) is 31.5 Å². The second kappa shape index (κ2) is 11.7. The molecule has 0 fully saturated rings. The number of methoxy groups -OCH3 is 3. The Morgan fingerprint density at radius 1 is 1.09 bits per heavy atom. The summed E-state index contributed by atoms with van der Waals surface area (Å²) in [5.74, 6) is 3.12. The molecule has 3 aromatic rings. The first-order valence-electron chi connectivity index (χ1n) is 10.6. The predicted molar refractivity (Wildman–Crippen MR) is 119 cm³/mol. The molecular formula is C23H31N3O7. The number of aliphatic hydroxyl groups excluding tert-OH is 1. The molecule has 0 aliphatic rings. The molecular weight excluding hydrogens is 430 g/mol. The number of hydrogen-bond acceptors (Lipinski definition) is 10. The van der Waals surface area contributed by atoms with E-state index in [1.165, 1.54) is 0 Å². The first-order valence-corrected chi connectivity index (χ1v) is 10.6. The molecule has 33 heavy (non-hydrogen) atoms. The molecule has 0 saturated heterocycles. The minimum absolute atomic E-state index is 0.134. The van der Waals surface area contributed by atoms with Crippen LogP contribution in [0.25, 0.3) is 11.4 Å². The number of furan rings is 1. The normalized spacial score (nSPS) is 13.2. The van der Waals surface area contributed by atoms with Crippen LogP contribution in [0, 0.1) is 5.92 Å². The molecule has 10 nitrogen and oxygen atoms in total. The van der Waals surface area contributed by atoms with E-state index in [-0.39, 0.29) is 18.6 Å². The van der Waals surface area contributed by atoms with Gasteiger partial charge >= 0.3 is 0 Å². The zero-order valence-electron chi connectivity index (χ0n) is 19.5. The molecule has 0 aliphatic heterocycles. The molecule has 2 atom stereocenters. The van der Waals surface area contributed by atoms with Crippen molar-refractivity contribution in [2.45, 2.75) is 32.6 Å². The summed E-state index contributed by atoms with van der Waals surface area (Å²) in [6.07, 6.45) is 0.874. The van der Waals surface area contributed by atoms with Crippen LogP contribution >= 0.6 is 0 Å². The van der Waals surface area contributed by atoms with Gasteiger partial charge < -0.3 is 38.3 Å². The van der Waals surface area contributed by atoms with Crippen LogP contribution < -0.4 is 19.5 Å². The molecule has 2 aromatic heterocycles. The van der Waals surface area contributed by atoms with Crippen molar-refractivity contribution in [3.8, 4) is 28.6 Å². The van der Waals surface area contributed by atoms with Crippen LogP contribution in [0.4, 0.5) is 0 Å². The second-order valence-corrected chi connectivity index (χ2v) is 7.75. The highest BCUT2D eigenvalue weighted by Crippen LogP contribution is 2.40. The summed E-state index contributed by atoms with van der Waals surface area (Å²) in [5.41, 5.74) is 0.661. The lowest BCUT2D eigenvalue weighted by Crippen LogP contribution is -2.35. The van der Waals surface area contributed by atoms with Gasteiger partial charge in [0.1, 0.15) is 12.4 Å². The third-order valence-corrected chi connectivity index (χ3v) is 5.01. The van der Waals surface area contributed by atoms with Gasteiger partial charge in [0.15, 0.2) is 11.5 Å². The first-order chi connectivity index (χ1) is 16.0. The van der Waals surface area contributed by atoms with Gasteiger partial charge in [-0.25, -0.2) is 0 Å². The zero-order chi connectivity index (χ0) is 23.8. The van der Waals surface area contributed by atoms with E-state index in [0.717, 1.165) is 0 Å². The fourth-order valence-electron chi connectivity index (χ4n) is 3.31. The molecule has 2 heterocycles. The molecule has 180 valence electrons. The molecule has 3 rings (SSSR count). The lowest BCUT2D eigenvalue weighted by Gasteiger charge is -2.20. The number of aromatic nitrogens is 2. The van der Waals surface area contributed by atoms with E-state index in [0.29, 0.717) is 53.4 Å². The molecule has 2 N–H and O–H groups in total. The Labute approximate surface area is 192 Å². The van der Waals surface area contributed by atoms with Crippen molar-refractivity contribution in [3.63, 3.8) is 0 Å². The predicted octanol–water partition coefficient (Wildman–Crippen LogP) is 3.22. The largest absolute Gasteiger partial charge is 0.493 e. The minimum Gasteiger partial charge on any atom is -0.493 e. The second-order valence-electron chi connectivity index (χ2n) is 7.75. The smallest absolute Gasteiger partial charge is 0.244 e. The van der Waals surface area contributed by atoms with Gasteiger partial charge in [0.2, 0.25) is 17.5 Å². The summed E-state index contributed by atoms with van der Waals surface area (Å²) < 4.78 is 32.4. The van der Waals surface area contributed by atoms with Crippen molar-refractivity contribution < 1.29 is 33.0 Å². The highest BCUT2D eigenvalue weighted by Gasteiger charge is 2.24. The quantitative estimate of drug-likeness (QED) is 0.392. The third kappa shape index (κ3) is 6.25. The average Bonchev–Trinajstić information content (AvgIpc) is 3.50. The zero-order valence-corrected chi connectivity index (χ0v) is 19.5. The monoisotopic (exact) mass is 461 g/mol. The number of nitrogens with one attached hydrogen (secondary N) is 1. The van der Waals surface area contributed by atoms with Crippen LogP contribution in [0.5, 0.6) is 17.2 Å². The highest BCUT2D eigenvalue weighted by atomic mass is 16.5. The Balaban J connectivity index is 1.66. The highest BCUT2D eigenvalue weighted by molar-refractivity contribution is 5.66. The van der Waals surface area contributed by atoms with Gasteiger partial charge in [-0.05, 0) is 30.2 Å². The van der Waals surface area contributed by atoms with E-state index >= 15 is 0 Å². The van der Waals surface area contributed by atoms with E-state index < -0.39 is 6.10 Å². The summed E-state index contributed by atoms with van der Waals surface area (Å²) in [6.45, 7) is 4.82. The minimum atomic E-state index is -0.710. The van der Waals surface area contributed by atoms with Gasteiger partial charge in [0.25, 0.3) is 0 Å². The summed E-state index contributed by atoms with van der Waals surface area (Å²) in [4.78, 5) is 4.56. The van der Waals surface area contributed by atoms with E-state index in [1.54, 1.807) is 45.8 Å². The van der Waals surface area contributed by atoms with E-state index in [2.05, 4.69) is 15.5 Å². The maximum atomic E-state index is 10.3. The molecule has 0 bridgehead atoms. The van der Waals surface area contributed by atoms with Gasteiger partial charge in [0, 0.05) is 12.1 Å². The van der Waals surface area contributed by atoms with Gasteiger partial charge in [-0.15, -0.1) is 0 Å². The van der Waals surface area contributed by atoms with Gasteiger partial charge in [-0.2, -0.15) is 4.98 Å². The Bertz CT molecular complexity index is 963. The Hall–Kier alpha value is -3.08. The van der Waals surface area contributed by atoms with E-state index in [1.807, 2.05) is 19.9 Å². The van der Waals surface area contributed by atoms with E-state index in [9.17, 15) is 5.11 Å². The Morgan fingerprint density at radius 2 is 1.82 bits per heavy atom. The third-order valence-electron chi connectivity index (χ3n) is 5.01. The van der Waals surface area contributed by atoms with Gasteiger partial charge in [-0.1, -0.05) is 19.0 Å². The number of nitrogens with zero attached hydrogens (tertiary/aromatic N) is 2. The average molecular weight is 462 g/mol. The van der Waals surface area contributed by atoms with Crippen LogP contribution in [-0.4, -0.2) is 55.8 Å². The van der Waals surface area contributed by atoms with Crippen LogP contribution in [0.15, 0.2) is 39.5 Å². The van der Waals surface area contributed by atoms with Crippen molar-refractivity contribution in [3.05, 3.63) is 42.2 Å². The summed E-state index contributed by atoms with van der Waals surface area (Å²) in [5, 5.41) is 17.7. The van der Waals surface area contributed by atoms with Crippen molar-refractivity contribution in [1.82, 2.24) is 15.5 Å². The summed E-state index contributed by atoms with van der Waals surface area (Å²) in [6, 6.07) is 6.87. The Morgan fingerprint density at radius 3 is 2.39 bits per heavy atom. The molecule has 0 unspecified atom stereocenters. The number of aliphatic hydroxyl groups is 1. The molecule has 0 radical (unpaired) electrons. The number of hydrogen-bond donors (Lipinski definition) is 2. The summed E-state index contributed by atoms with van der Waals surface area (Å²) >= 11 is 0. The van der Waals surface area contributed by atoms with Gasteiger partial charge in [0.05, 0.1) is 46.3 Å². The fourth-order valence-corrected chi connectivity index (χ4v) is 3.31. The Kier molecular flexibility index (Phi) is 8.70. The van der Waals surface area contributed by atoms with Crippen molar-refractivity contribution in [2.75, 3.05) is 34.5 Å². The molecule has 10 heteroatoms. The molecule has 0 spiro atoms. The van der Waals surface area contributed by atoms with Crippen LogP contribution in [0.3, 0.4) is 0 Å². The topological polar surface area (TPSA) is 121 Å². The maximum Gasteiger partial charge on any atom is 0.244 e. The lowest BCUT2D eigenvalue weighted by atomic mass is 10.0. The van der Waals surface area contributed by atoms with Crippen molar-refractivity contribution >= 4 is 0 Å².